The molecule has 0 unspecified atom stereocenters. The summed E-state index contributed by atoms with van der Waals surface area (Å²) < 4.78 is 0. The average Bonchev–Trinajstić information content (AvgIpc) is 2.27. The molecule has 0 aliphatic rings. The zero-order valence-electron chi connectivity index (χ0n) is 8.49. The van der Waals surface area contributed by atoms with Crippen LogP contribution in [0.25, 0.3) is 0 Å². The Morgan fingerprint density at radius 2 is 2.07 bits per heavy atom. The van der Waals surface area contributed by atoms with Gasteiger partial charge in [0, 0.05) is 25.5 Å². The molecule has 0 bridgehead atoms. The van der Waals surface area contributed by atoms with Gasteiger partial charge < -0.3 is 10.6 Å². The molecular weight excluding hydrogens is 194 g/mol. The molecule has 0 fully saturated rings. The smallest absolute Gasteiger partial charge is 0.309 e. The highest BCUT2D eigenvalue weighted by Gasteiger charge is 2.10. The van der Waals surface area contributed by atoms with Crippen LogP contribution < -0.4 is 10.6 Å². The van der Waals surface area contributed by atoms with Crippen LogP contribution in [-0.2, 0) is 16.1 Å². The van der Waals surface area contributed by atoms with Gasteiger partial charge in [-0.15, -0.1) is 0 Å². The van der Waals surface area contributed by atoms with Crippen LogP contribution in [0.3, 0.4) is 0 Å². The normalized spacial score (nSPS) is 9.40. The minimum atomic E-state index is -0.624. The summed E-state index contributed by atoms with van der Waals surface area (Å²) in [6.07, 6.45) is 3.28. The third-order valence-electron chi connectivity index (χ3n) is 1.72. The number of likely N-dealkylation sites (N-methyl/N-ethyl adjacent to an activating group) is 1. The molecule has 5 nitrogen and oxygen atoms in total. The Kier molecular flexibility index (Phi) is 4.28. The Hall–Kier alpha value is -1.91. The molecule has 80 valence electrons. The van der Waals surface area contributed by atoms with Gasteiger partial charge in [-0.25, -0.2) is 0 Å². The van der Waals surface area contributed by atoms with Crippen molar-refractivity contribution in [1.29, 1.82) is 0 Å². The summed E-state index contributed by atoms with van der Waals surface area (Å²) in [6, 6.07) is 3.60. The fourth-order valence-electron chi connectivity index (χ4n) is 1.01. The number of amides is 2. The van der Waals surface area contributed by atoms with Gasteiger partial charge in [0.25, 0.3) is 0 Å². The quantitative estimate of drug-likeness (QED) is 0.676. The number of nitrogens with zero attached hydrogens (tertiary/aromatic N) is 1. The van der Waals surface area contributed by atoms with Crippen LogP contribution in [0.15, 0.2) is 24.5 Å². The van der Waals surface area contributed by atoms with Gasteiger partial charge in [-0.1, -0.05) is 6.07 Å². The number of nitrogens with one attached hydrogen (secondary N) is 2. The molecule has 2 amide bonds. The first-order valence-corrected chi connectivity index (χ1v) is 4.69. The lowest BCUT2D eigenvalue weighted by Gasteiger charge is -2.04. The van der Waals surface area contributed by atoms with E-state index in [4.69, 9.17) is 0 Å². The average molecular weight is 207 g/mol. The topological polar surface area (TPSA) is 71.1 Å². The van der Waals surface area contributed by atoms with Gasteiger partial charge in [-0.05, 0) is 18.6 Å². The number of hydrogen-bond acceptors (Lipinski definition) is 3. The first kappa shape index (κ1) is 11.2. The summed E-state index contributed by atoms with van der Waals surface area (Å²) in [5.41, 5.74) is 0.857. The molecule has 5 heteroatoms. The summed E-state index contributed by atoms with van der Waals surface area (Å²) in [4.78, 5) is 26.1. The van der Waals surface area contributed by atoms with Crippen LogP contribution in [0, 0.1) is 0 Å². The molecule has 1 aromatic rings. The van der Waals surface area contributed by atoms with Crippen LogP contribution in [-0.4, -0.2) is 23.3 Å². The fraction of sp³-hybridized carbons (Fsp3) is 0.300. The van der Waals surface area contributed by atoms with Gasteiger partial charge >= 0.3 is 11.8 Å². The predicted octanol–water partition coefficient (Wildman–Crippen LogP) is -0.166. The van der Waals surface area contributed by atoms with Gasteiger partial charge in [-0.3, -0.25) is 14.6 Å². The van der Waals surface area contributed by atoms with Crippen molar-refractivity contribution in [2.75, 3.05) is 6.54 Å². The third kappa shape index (κ3) is 3.76. The lowest BCUT2D eigenvalue weighted by atomic mass is 10.3. The standard InChI is InChI=1S/C10H13N3O2/c1-2-12-9(14)10(15)13-7-8-4-3-5-11-6-8/h3-6H,2,7H2,1H3,(H,12,14)(H,13,15). The molecule has 0 aromatic carbocycles. The van der Waals surface area contributed by atoms with Gasteiger partial charge in [0.15, 0.2) is 0 Å². The molecule has 1 aromatic heterocycles. The molecule has 1 heterocycles. The zero-order valence-corrected chi connectivity index (χ0v) is 8.49. The Morgan fingerprint density at radius 3 is 2.67 bits per heavy atom. The van der Waals surface area contributed by atoms with E-state index in [0.29, 0.717) is 13.1 Å². The van der Waals surface area contributed by atoms with E-state index in [9.17, 15) is 9.59 Å². The molecule has 0 atom stereocenters. The molecule has 15 heavy (non-hydrogen) atoms. The number of carbonyl (C=O) groups is 2. The van der Waals surface area contributed by atoms with Crippen molar-refractivity contribution in [2.24, 2.45) is 0 Å². The maximum atomic E-state index is 11.2. The highest BCUT2D eigenvalue weighted by molar-refractivity contribution is 6.35. The maximum absolute atomic E-state index is 11.2. The molecular formula is C10H13N3O2. The van der Waals surface area contributed by atoms with E-state index in [1.54, 1.807) is 25.4 Å². The van der Waals surface area contributed by atoms with Crippen molar-refractivity contribution >= 4 is 11.8 Å². The zero-order chi connectivity index (χ0) is 11.1. The highest BCUT2D eigenvalue weighted by atomic mass is 16.2. The molecule has 0 aliphatic carbocycles. The van der Waals surface area contributed by atoms with Crippen LogP contribution in [0.1, 0.15) is 12.5 Å². The summed E-state index contributed by atoms with van der Waals surface area (Å²) in [7, 11) is 0. The number of rotatable bonds is 3. The monoisotopic (exact) mass is 207 g/mol. The molecule has 0 spiro atoms. The molecule has 1 rings (SSSR count). The first-order chi connectivity index (χ1) is 7.24. The van der Waals surface area contributed by atoms with Crippen molar-refractivity contribution in [1.82, 2.24) is 15.6 Å². The minimum Gasteiger partial charge on any atom is -0.348 e. The van der Waals surface area contributed by atoms with Crippen molar-refractivity contribution in [3.63, 3.8) is 0 Å². The van der Waals surface area contributed by atoms with Crippen molar-refractivity contribution in [3.8, 4) is 0 Å². The summed E-state index contributed by atoms with van der Waals surface area (Å²) in [6.45, 7) is 2.51. The second kappa shape index (κ2) is 5.74. The Labute approximate surface area is 87.9 Å². The largest absolute Gasteiger partial charge is 0.348 e. The number of hydrogen-bond donors (Lipinski definition) is 2. The van der Waals surface area contributed by atoms with E-state index in [1.807, 2.05) is 6.07 Å². The van der Waals surface area contributed by atoms with E-state index in [1.165, 1.54) is 0 Å². The second-order valence-corrected chi connectivity index (χ2v) is 2.90. The SMILES string of the molecule is CCNC(=O)C(=O)NCc1cccnc1. The van der Waals surface area contributed by atoms with Crippen LogP contribution in [0.5, 0.6) is 0 Å². The summed E-state index contributed by atoms with van der Waals surface area (Å²) in [5, 5.41) is 4.91. The number of carbonyl (C=O) groups excluding carboxylic acids is 2. The van der Waals surface area contributed by atoms with Gasteiger partial charge in [-0.2, -0.15) is 0 Å². The van der Waals surface area contributed by atoms with E-state index >= 15 is 0 Å². The number of aromatic nitrogens is 1. The van der Waals surface area contributed by atoms with E-state index in [-0.39, 0.29) is 0 Å². The lowest BCUT2D eigenvalue weighted by molar-refractivity contribution is -0.139. The van der Waals surface area contributed by atoms with Gasteiger partial charge in [0.2, 0.25) is 0 Å². The van der Waals surface area contributed by atoms with E-state index in [0.717, 1.165) is 5.56 Å². The summed E-state index contributed by atoms with van der Waals surface area (Å²) in [5.74, 6) is -1.23. The molecule has 0 aliphatic heterocycles. The Morgan fingerprint density at radius 1 is 1.33 bits per heavy atom. The molecule has 2 N–H and O–H groups in total. The van der Waals surface area contributed by atoms with Crippen LogP contribution in [0.2, 0.25) is 0 Å². The molecule has 0 saturated carbocycles. The molecule has 0 radical (unpaired) electrons. The van der Waals surface area contributed by atoms with Crippen molar-refractivity contribution < 1.29 is 9.59 Å². The van der Waals surface area contributed by atoms with E-state index in [2.05, 4.69) is 15.6 Å². The fourth-order valence-corrected chi connectivity index (χ4v) is 1.01. The minimum absolute atomic E-state index is 0.309. The van der Waals surface area contributed by atoms with E-state index < -0.39 is 11.8 Å². The molecule has 0 saturated heterocycles. The van der Waals surface area contributed by atoms with Crippen LogP contribution in [0.4, 0.5) is 0 Å². The first-order valence-electron chi connectivity index (χ1n) is 4.69. The van der Waals surface area contributed by atoms with Crippen molar-refractivity contribution in [3.05, 3.63) is 30.1 Å². The maximum Gasteiger partial charge on any atom is 0.309 e. The highest BCUT2D eigenvalue weighted by Crippen LogP contribution is 1.93. The number of pyridine rings is 1. The predicted molar refractivity (Wildman–Crippen MR) is 54.8 cm³/mol. The lowest BCUT2D eigenvalue weighted by Crippen LogP contribution is -2.39. The Bertz CT molecular complexity index is 338. The second-order valence-electron chi connectivity index (χ2n) is 2.90. The van der Waals surface area contributed by atoms with Gasteiger partial charge in [0.05, 0.1) is 0 Å². The van der Waals surface area contributed by atoms with Crippen molar-refractivity contribution in [2.45, 2.75) is 13.5 Å². The Balaban J connectivity index is 2.38. The third-order valence-corrected chi connectivity index (χ3v) is 1.72. The van der Waals surface area contributed by atoms with Crippen LogP contribution >= 0.6 is 0 Å². The summed E-state index contributed by atoms with van der Waals surface area (Å²) >= 11 is 0. The van der Waals surface area contributed by atoms with Gasteiger partial charge in [0.1, 0.15) is 0 Å².